The van der Waals surface area contributed by atoms with Crippen molar-refractivity contribution in [1.29, 1.82) is 0 Å². The Kier molecular flexibility index (Phi) is 8.66. The summed E-state index contributed by atoms with van der Waals surface area (Å²) in [5.74, 6) is 0. The van der Waals surface area contributed by atoms with E-state index >= 15 is 0 Å². The minimum atomic E-state index is 0.0373. The van der Waals surface area contributed by atoms with Crippen LogP contribution in [0.2, 0.25) is 0 Å². The Hall–Kier alpha value is -6.32. The highest BCUT2D eigenvalue weighted by atomic mass is 15.2. The van der Waals surface area contributed by atoms with E-state index in [9.17, 15) is 0 Å². The van der Waals surface area contributed by atoms with Crippen LogP contribution in [0.4, 0.5) is 0 Å². The summed E-state index contributed by atoms with van der Waals surface area (Å²) in [5.41, 5.74) is 20.5. The number of nitrogens with one attached hydrogen (secondary N) is 2. The first-order valence-electron chi connectivity index (χ1n) is 19.5. The van der Waals surface area contributed by atoms with Gasteiger partial charge in [0.05, 0.1) is 11.0 Å². The van der Waals surface area contributed by atoms with Crippen LogP contribution < -0.4 is 5.32 Å². The maximum Gasteiger partial charge on any atom is 0.123 e. The monoisotopic (exact) mass is 713 g/mol. The van der Waals surface area contributed by atoms with Gasteiger partial charge in [0.1, 0.15) is 6.17 Å². The normalized spacial score (nSPS) is 15.0. The molecule has 0 saturated heterocycles. The van der Waals surface area contributed by atoms with Crippen LogP contribution in [-0.2, 0) is 12.8 Å². The number of dihydropyridines is 1. The van der Waals surface area contributed by atoms with Crippen molar-refractivity contribution in [2.45, 2.75) is 53.6 Å². The third-order valence-corrected chi connectivity index (χ3v) is 11.7. The first kappa shape index (κ1) is 34.4. The number of aryl methyl sites for hydroxylation is 4. The molecule has 2 aliphatic rings. The molecule has 3 heteroatoms. The molecular formula is C52H47N3. The van der Waals surface area contributed by atoms with Gasteiger partial charge < -0.3 is 14.9 Å². The van der Waals surface area contributed by atoms with Crippen molar-refractivity contribution in [2.75, 3.05) is 0 Å². The standard InChI is InChI=1S/C46H37N3.C6H10/c1-27-4-8-30(9-5-27)32-14-16-42-38(21-32)39-23-34-12-13-35-24-41-40-22-33(31-10-6-28(2)7-11-31)15-17-44(40)49(46-20-29(3)18-19-47-46)45(41)26-37(35)36(34)25-43(39)48-42;1-4-6(3)5-2/h4-11,14-26,46-48H,12-13H2,1-3H3;4-5H,1H2,2-3H3/b;6-5-. The maximum absolute atomic E-state index is 3.77. The average molecular weight is 714 g/mol. The molecule has 0 amide bonds. The number of fused-ring (bicyclic) bond motifs is 9. The van der Waals surface area contributed by atoms with Crippen LogP contribution in [0.1, 0.15) is 49.2 Å². The lowest BCUT2D eigenvalue weighted by Crippen LogP contribution is -2.22. The minimum absolute atomic E-state index is 0.0373. The molecule has 55 heavy (non-hydrogen) atoms. The lowest BCUT2D eigenvalue weighted by atomic mass is 9.84. The Morgan fingerprint density at radius 1 is 0.636 bits per heavy atom. The molecule has 3 heterocycles. The van der Waals surface area contributed by atoms with Crippen LogP contribution in [0.5, 0.6) is 0 Å². The van der Waals surface area contributed by atoms with E-state index in [-0.39, 0.29) is 6.17 Å². The molecule has 10 rings (SSSR count). The first-order valence-corrected chi connectivity index (χ1v) is 19.5. The maximum atomic E-state index is 3.77. The van der Waals surface area contributed by atoms with E-state index in [1.54, 1.807) is 0 Å². The number of aromatic amines is 1. The van der Waals surface area contributed by atoms with E-state index in [0.717, 1.165) is 12.8 Å². The largest absolute Gasteiger partial charge is 0.368 e. The number of benzene rings is 6. The Labute approximate surface area is 324 Å². The van der Waals surface area contributed by atoms with Crippen molar-refractivity contribution < 1.29 is 0 Å². The van der Waals surface area contributed by atoms with Gasteiger partial charge in [0, 0.05) is 32.6 Å². The summed E-state index contributed by atoms with van der Waals surface area (Å²) in [6.45, 7) is 14.1. The Balaban J connectivity index is 0.000000615. The molecule has 8 aromatic rings. The van der Waals surface area contributed by atoms with E-state index < -0.39 is 0 Å². The summed E-state index contributed by atoms with van der Waals surface area (Å²) < 4.78 is 2.50. The average Bonchev–Trinajstić information content (AvgIpc) is 3.73. The van der Waals surface area contributed by atoms with Crippen LogP contribution in [0, 0.1) is 13.8 Å². The molecule has 1 atom stereocenters. The number of H-pyrrole nitrogens is 1. The molecule has 1 aliphatic heterocycles. The second-order valence-electron chi connectivity index (χ2n) is 15.4. The molecule has 0 saturated carbocycles. The number of hydrogen-bond acceptors (Lipinski definition) is 1. The zero-order valence-corrected chi connectivity index (χ0v) is 32.4. The molecule has 0 fully saturated rings. The number of nitrogens with zero attached hydrogens (tertiary/aromatic N) is 1. The van der Waals surface area contributed by atoms with Gasteiger partial charge >= 0.3 is 0 Å². The third-order valence-electron chi connectivity index (χ3n) is 11.7. The highest BCUT2D eigenvalue weighted by molar-refractivity contribution is 6.13. The van der Waals surface area contributed by atoms with Crippen molar-refractivity contribution in [3.63, 3.8) is 0 Å². The lowest BCUT2D eigenvalue weighted by molar-refractivity contribution is 0.573. The topological polar surface area (TPSA) is 32.8 Å². The second kappa shape index (κ2) is 13.8. The Morgan fingerprint density at radius 2 is 1.20 bits per heavy atom. The van der Waals surface area contributed by atoms with E-state index in [1.807, 2.05) is 26.0 Å². The minimum Gasteiger partial charge on any atom is -0.368 e. The summed E-state index contributed by atoms with van der Waals surface area (Å²) in [6, 6.07) is 41.4. The second-order valence-corrected chi connectivity index (χ2v) is 15.4. The van der Waals surface area contributed by atoms with Crippen molar-refractivity contribution in [2.24, 2.45) is 0 Å². The Bertz CT molecular complexity index is 2890. The summed E-state index contributed by atoms with van der Waals surface area (Å²) in [6.07, 6.45) is 12.5. The highest BCUT2D eigenvalue weighted by Gasteiger charge is 2.24. The van der Waals surface area contributed by atoms with Gasteiger partial charge in [-0.05, 0) is 164 Å². The molecule has 0 radical (unpaired) electrons. The van der Waals surface area contributed by atoms with Gasteiger partial charge in [-0.15, -0.1) is 0 Å². The first-order chi connectivity index (χ1) is 26.8. The van der Waals surface area contributed by atoms with Crippen molar-refractivity contribution in [1.82, 2.24) is 14.9 Å². The summed E-state index contributed by atoms with van der Waals surface area (Å²) in [7, 11) is 0. The third kappa shape index (κ3) is 6.20. The predicted octanol–water partition coefficient (Wildman–Crippen LogP) is 13.8. The van der Waals surface area contributed by atoms with Crippen molar-refractivity contribution in [3.8, 4) is 33.4 Å². The fourth-order valence-electron chi connectivity index (χ4n) is 8.36. The number of hydrogen-bond donors (Lipinski definition) is 2. The molecule has 6 aromatic carbocycles. The van der Waals surface area contributed by atoms with Gasteiger partial charge in [0.15, 0.2) is 0 Å². The summed E-state index contributed by atoms with van der Waals surface area (Å²) in [4.78, 5) is 3.77. The molecule has 270 valence electrons. The fraction of sp³-hybridized carbons (Fsp3) is 0.154. The van der Waals surface area contributed by atoms with Gasteiger partial charge in [-0.1, -0.05) is 96.1 Å². The predicted molar refractivity (Wildman–Crippen MR) is 237 cm³/mol. The molecule has 3 nitrogen and oxygen atoms in total. The van der Waals surface area contributed by atoms with Crippen LogP contribution in [0.25, 0.3) is 77.0 Å². The van der Waals surface area contributed by atoms with Gasteiger partial charge in [0.2, 0.25) is 0 Å². The highest BCUT2D eigenvalue weighted by Crippen LogP contribution is 2.44. The van der Waals surface area contributed by atoms with Gasteiger partial charge in [-0.3, -0.25) is 0 Å². The van der Waals surface area contributed by atoms with Gasteiger partial charge in [0.25, 0.3) is 0 Å². The van der Waals surface area contributed by atoms with Crippen molar-refractivity contribution >= 4 is 43.6 Å². The smallest absolute Gasteiger partial charge is 0.123 e. The lowest BCUT2D eigenvalue weighted by Gasteiger charge is -2.24. The van der Waals surface area contributed by atoms with Crippen LogP contribution in [0.15, 0.2) is 157 Å². The molecule has 2 aromatic heterocycles. The zero-order chi connectivity index (χ0) is 37.8. The molecule has 2 N–H and O–H groups in total. The molecular weight excluding hydrogens is 667 g/mol. The van der Waals surface area contributed by atoms with Crippen molar-refractivity contribution in [3.05, 3.63) is 180 Å². The Morgan fingerprint density at radius 3 is 1.82 bits per heavy atom. The summed E-state index contributed by atoms with van der Waals surface area (Å²) >= 11 is 0. The number of rotatable bonds is 4. The molecule has 1 aliphatic carbocycles. The van der Waals surface area contributed by atoms with E-state index in [2.05, 4.69) is 170 Å². The molecule has 0 bridgehead atoms. The van der Waals surface area contributed by atoms with E-state index in [0.29, 0.717) is 0 Å². The fourth-order valence-corrected chi connectivity index (χ4v) is 8.36. The number of aromatic nitrogens is 2. The quantitative estimate of drug-likeness (QED) is 0.175. The summed E-state index contributed by atoms with van der Waals surface area (Å²) in [5, 5.41) is 8.88. The molecule has 1 unspecified atom stereocenters. The number of allylic oxidation sites excluding steroid dienone is 5. The van der Waals surface area contributed by atoms with Gasteiger partial charge in [-0.2, -0.15) is 0 Å². The van der Waals surface area contributed by atoms with E-state index in [1.165, 1.54) is 110 Å². The SMILES string of the molecule is C=C/C(C)=C\C.CC1=CC(n2c3ccc(-c4ccc(C)cc4)cc3c3cc4c(cc32)-c2cc3[nH]c5ccc(-c6ccc(C)cc6)cc5c3cc2CC4)NC=C1. The van der Waals surface area contributed by atoms with Crippen LogP contribution in [0.3, 0.4) is 0 Å². The van der Waals surface area contributed by atoms with Crippen LogP contribution in [-0.4, -0.2) is 9.55 Å². The molecule has 0 spiro atoms. The zero-order valence-electron chi connectivity index (χ0n) is 32.4. The van der Waals surface area contributed by atoms with E-state index in [4.69, 9.17) is 0 Å². The van der Waals surface area contributed by atoms with Gasteiger partial charge in [-0.25, -0.2) is 0 Å². The van der Waals surface area contributed by atoms with Crippen LogP contribution >= 0.6 is 0 Å².